The van der Waals surface area contributed by atoms with E-state index in [4.69, 9.17) is 33.2 Å². The molecule has 15 unspecified atom stereocenters. The van der Waals surface area contributed by atoms with Crippen molar-refractivity contribution >= 4 is 18.1 Å². The minimum atomic E-state index is -1.92. The maximum atomic E-state index is 12.4. The van der Waals surface area contributed by atoms with E-state index < -0.39 is 135 Å². The number of ether oxygens (including phenoxy) is 8. The number of hydrogen-bond donors (Lipinski definition) is 13. The highest BCUT2D eigenvalue weighted by atomic mass is 16.7. The van der Waals surface area contributed by atoms with E-state index in [1.165, 1.54) is 54.6 Å². The Morgan fingerprint density at radius 2 is 1.27 bits per heavy atom. The molecule has 63 heavy (non-hydrogen) atoms. The number of phenols is 5. The maximum Gasteiger partial charge on any atom is 0.330 e. The second kappa shape index (κ2) is 19.2. The average molecular weight is 892 g/mol. The first-order valence-corrected chi connectivity index (χ1v) is 19.4. The number of esters is 1. The quantitative estimate of drug-likeness (QED) is 0.0379. The van der Waals surface area contributed by atoms with E-state index in [0.29, 0.717) is 5.56 Å². The van der Waals surface area contributed by atoms with E-state index in [-0.39, 0.29) is 34.1 Å². The summed E-state index contributed by atoms with van der Waals surface area (Å²) in [5, 5.41) is 136. The van der Waals surface area contributed by atoms with Crippen molar-refractivity contribution in [2.45, 2.75) is 92.1 Å². The monoisotopic (exact) mass is 891 g/mol. The molecule has 3 saturated heterocycles. The summed E-state index contributed by atoms with van der Waals surface area (Å²) in [6.45, 7) is -1.95. The molecule has 15 atom stereocenters. The molecule has 0 saturated carbocycles. The SMILES string of the molecule is O=C(C=Cc1ccc(O)cc1)OCC1OC(OCC2OC(OC3=Cc4c(O)cc(O)cc4[OH+]C3c3ccc(O)c(O)c3)C(OCC3OC(O)C(O)C3O)C(O)C2O)C(O)C(O)C1O. The first-order chi connectivity index (χ1) is 30.0. The van der Waals surface area contributed by atoms with Gasteiger partial charge in [0, 0.05) is 18.2 Å². The lowest BCUT2D eigenvalue weighted by molar-refractivity contribution is -0.333. The summed E-state index contributed by atoms with van der Waals surface area (Å²) < 4.78 is 44.4. The molecule has 0 amide bonds. The van der Waals surface area contributed by atoms with Crippen molar-refractivity contribution in [3.63, 3.8) is 0 Å². The number of benzene rings is 3. The van der Waals surface area contributed by atoms with Gasteiger partial charge in [-0.15, -0.1) is 0 Å². The molecule has 3 aromatic carbocycles. The normalized spacial score (nSPS) is 34.2. The summed E-state index contributed by atoms with van der Waals surface area (Å²) in [4.78, 5) is 12.4. The molecule has 7 rings (SSSR count). The van der Waals surface area contributed by atoms with Crippen LogP contribution in [0.25, 0.3) is 12.2 Å². The van der Waals surface area contributed by atoms with Crippen LogP contribution >= 0.6 is 0 Å². The van der Waals surface area contributed by atoms with Crippen LogP contribution in [0, 0.1) is 0 Å². The molecule has 3 fully saturated rings. The molecule has 0 spiro atoms. The molecule has 3 aromatic rings. The van der Waals surface area contributed by atoms with E-state index in [2.05, 4.69) is 4.74 Å². The molecule has 14 N–H and O–H groups in total. The van der Waals surface area contributed by atoms with Crippen LogP contribution in [0.1, 0.15) is 22.8 Å². The third-order valence-electron chi connectivity index (χ3n) is 10.7. The van der Waals surface area contributed by atoms with Gasteiger partial charge in [-0.1, -0.05) is 12.1 Å². The highest BCUT2D eigenvalue weighted by Crippen LogP contribution is 2.46. The van der Waals surface area contributed by atoms with Crippen LogP contribution in [0.3, 0.4) is 0 Å². The summed E-state index contributed by atoms with van der Waals surface area (Å²) in [5.41, 5.74) is 0.824. The molecule has 0 aliphatic carbocycles. The van der Waals surface area contributed by atoms with E-state index >= 15 is 0 Å². The minimum Gasteiger partial charge on any atom is -0.571 e. The fraction of sp³-hybridized carbons (Fsp3) is 0.439. The molecule has 0 bridgehead atoms. The molecule has 4 aliphatic heterocycles. The fourth-order valence-electron chi connectivity index (χ4n) is 7.20. The predicted molar refractivity (Wildman–Crippen MR) is 207 cm³/mol. The van der Waals surface area contributed by atoms with Crippen LogP contribution in [0.15, 0.2) is 66.4 Å². The second-order valence-corrected chi connectivity index (χ2v) is 15.1. The van der Waals surface area contributed by atoms with Gasteiger partial charge in [-0.3, -0.25) is 0 Å². The molecule has 4 heterocycles. The van der Waals surface area contributed by atoms with Gasteiger partial charge in [0.25, 0.3) is 11.9 Å². The Labute approximate surface area is 356 Å². The summed E-state index contributed by atoms with van der Waals surface area (Å²) >= 11 is 0. The van der Waals surface area contributed by atoms with Gasteiger partial charge >= 0.3 is 5.97 Å². The standard InChI is InChI=1S/C41H46O22/c42-18-5-1-16(2-6-18)3-8-29(47)56-13-27-30(48)33(51)36(54)40(62-27)58-15-28-31(49)34(52)38(57-14-26-32(50)35(53)39(55)60-26)41(63-28)61-25-12-20-22(45)10-19(43)11-24(20)59-37(25)17-4-7-21(44)23(46)9-17/h1-12,26-28,30-46,48-55H,13-15H2/p+1. The summed E-state index contributed by atoms with van der Waals surface area (Å²) in [6, 6.07) is 11.9. The average Bonchev–Trinajstić information content (AvgIpc) is 3.50. The van der Waals surface area contributed by atoms with Gasteiger partial charge in [0.05, 0.1) is 24.8 Å². The Hall–Kier alpha value is -5.31. The van der Waals surface area contributed by atoms with Gasteiger partial charge in [-0.25, -0.2) is 4.79 Å². The number of hydrogen-bond acceptors (Lipinski definition) is 21. The van der Waals surface area contributed by atoms with Gasteiger partial charge in [0.1, 0.15) is 96.6 Å². The number of fused-ring (bicyclic) bond motifs is 1. The minimum absolute atomic E-state index is 0.0199. The molecule has 22 heteroatoms. The number of rotatable bonds is 13. The number of aromatic hydroxyl groups is 6. The smallest absolute Gasteiger partial charge is 0.330 e. The number of carbonyl (C=O) groups is 1. The third-order valence-corrected chi connectivity index (χ3v) is 10.7. The zero-order valence-corrected chi connectivity index (χ0v) is 32.7. The van der Waals surface area contributed by atoms with E-state index in [0.717, 1.165) is 18.2 Å². The Morgan fingerprint density at radius 1 is 0.619 bits per heavy atom. The Morgan fingerprint density at radius 3 is 1.97 bits per heavy atom. The first-order valence-electron chi connectivity index (χ1n) is 19.4. The maximum absolute atomic E-state index is 12.4. The van der Waals surface area contributed by atoms with Crippen LogP contribution in [0.2, 0.25) is 0 Å². The molecule has 4 aliphatic rings. The molecule has 22 nitrogen and oxygen atoms in total. The molecular weight excluding hydrogens is 844 g/mol. The zero-order valence-electron chi connectivity index (χ0n) is 32.7. The predicted octanol–water partition coefficient (Wildman–Crippen LogP) is -2.08. The van der Waals surface area contributed by atoms with E-state index in [1.54, 1.807) is 0 Å². The molecule has 0 radical (unpaired) electrons. The number of aliphatic hydroxyl groups is 9. The molecule has 0 aromatic heterocycles. The largest absolute Gasteiger partial charge is 0.571 e. The Bertz CT molecular complexity index is 2130. The van der Waals surface area contributed by atoms with Crippen LogP contribution in [0.4, 0.5) is 0 Å². The number of phenolic OH excluding ortho intramolecular Hbond substituents is 5. The lowest BCUT2D eigenvalue weighted by atomic mass is 9.97. The summed E-state index contributed by atoms with van der Waals surface area (Å²) in [5.74, 6) is -2.67. The van der Waals surface area contributed by atoms with Gasteiger partial charge < -0.3 is 104 Å². The Balaban J connectivity index is 1.10. The molecule has 342 valence electrons. The van der Waals surface area contributed by atoms with Crippen molar-refractivity contribution in [1.82, 2.24) is 0 Å². The molecular formula is C41H47O22+. The second-order valence-electron chi connectivity index (χ2n) is 15.1. The van der Waals surface area contributed by atoms with E-state index in [9.17, 15) is 71.2 Å². The van der Waals surface area contributed by atoms with Gasteiger partial charge in [-0.2, -0.15) is 0 Å². The van der Waals surface area contributed by atoms with Crippen molar-refractivity contribution in [1.29, 1.82) is 0 Å². The first kappa shape index (κ1) is 45.7. The van der Waals surface area contributed by atoms with Crippen LogP contribution in [-0.2, 0) is 38.0 Å². The number of aliphatic hydroxyl groups excluding tert-OH is 8. The topological polar surface area (TPSA) is 357 Å². The summed E-state index contributed by atoms with van der Waals surface area (Å²) in [6.07, 6.45) is -21.5. The zero-order chi connectivity index (χ0) is 45.3. The third kappa shape index (κ3) is 10.1. The van der Waals surface area contributed by atoms with Crippen LogP contribution in [0.5, 0.6) is 34.5 Å². The van der Waals surface area contributed by atoms with Crippen molar-refractivity contribution < 1.29 is 109 Å². The van der Waals surface area contributed by atoms with Crippen LogP contribution < -0.4 is 0 Å². The highest BCUT2D eigenvalue weighted by molar-refractivity contribution is 5.87. The van der Waals surface area contributed by atoms with E-state index in [1.807, 2.05) is 0 Å². The summed E-state index contributed by atoms with van der Waals surface area (Å²) in [7, 11) is 0. The van der Waals surface area contributed by atoms with Crippen LogP contribution in [-0.4, -0.2) is 183 Å². The highest BCUT2D eigenvalue weighted by Gasteiger charge is 2.51. The lowest BCUT2D eigenvalue weighted by Crippen LogP contribution is -2.62. The van der Waals surface area contributed by atoms with Gasteiger partial charge in [-0.05, 0) is 42.0 Å². The van der Waals surface area contributed by atoms with Crippen molar-refractivity contribution in [3.8, 4) is 34.5 Å². The number of carbonyl (C=O) groups excluding carboxylic acids is 1. The van der Waals surface area contributed by atoms with Crippen molar-refractivity contribution in [3.05, 3.63) is 83.1 Å². The van der Waals surface area contributed by atoms with Crippen molar-refractivity contribution in [2.75, 3.05) is 19.8 Å². The van der Waals surface area contributed by atoms with Crippen molar-refractivity contribution in [2.24, 2.45) is 0 Å². The van der Waals surface area contributed by atoms with Gasteiger partial charge in [0.2, 0.25) is 6.29 Å². The Kier molecular flexibility index (Phi) is 13.9. The van der Waals surface area contributed by atoms with Gasteiger partial charge in [0.15, 0.2) is 29.8 Å². The fourth-order valence-corrected chi connectivity index (χ4v) is 7.20. The lowest BCUT2D eigenvalue weighted by Gasteiger charge is -2.44.